The molecule has 2 heterocycles. The second-order valence-corrected chi connectivity index (χ2v) is 4.52. The van der Waals surface area contributed by atoms with E-state index >= 15 is 0 Å². The Morgan fingerprint density at radius 1 is 1.44 bits per heavy atom. The van der Waals surface area contributed by atoms with Crippen molar-refractivity contribution in [2.24, 2.45) is 5.73 Å². The quantitative estimate of drug-likeness (QED) is 0.800. The standard InChI is InChI=1S/C13H16N2O/c14-12(8-16)11-6-9-2-1-4-15-5-3-10(7-11)13(9)15/h3,5-7,12,16H,1-2,4,8,14H2. The van der Waals surface area contributed by atoms with E-state index in [2.05, 4.69) is 29.0 Å². The van der Waals surface area contributed by atoms with Gasteiger partial charge in [0, 0.05) is 18.1 Å². The molecule has 0 bridgehead atoms. The fourth-order valence-corrected chi connectivity index (χ4v) is 2.60. The number of aliphatic hydroxyl groups excluding tert-OH is 1. The highest BCUT2D eigenvalue weighted by molar-refractivity contribution is 5.84. The van der Waals surface area contributed by atoms with E-state index < -0.39 is 0 Å². The first-order valence-corrected chi connectivity index (χ1v) is 5.77. The minimum Gasteiger partial charge on any atom is -0.394 e. The van der Waals surface area contributed by atoms with E-state index in [1.165, 1.54) is 22.9 Å². The van der Waals surface area contributed by atoms with Gasteiger partial charge in [0.2, 0.25) is 0 Å². The monoisotopic (exact) mass is 216 g/mol. The van der Waals surface area contributed by atoms with Crippen molar-refractivity contribution in [2.45, 2.75) is 25.4 Å². The second kappa shape index (κ2) is 3.61. The summed E-state index contributed by atoms with van der Waals surface area (Å²) in [6, 6.07) is 6.13. The molecule has 0 spiro atoms. The van der Waals surface area contributed by atoms with Crippen LogP contribution in [0.1, 0.15) is 23.6 Å². The molecule has 0 aliphatic carbocycles. The Morgan fingerprint density at radius 3 is 3.12 bits per heavy atom. The van der Waals surface area contributed by atoms with Crippen LogP contribution in [-0.4, -0.2) is 16.3 Å². The fourth-order valence-electron chi connectivity index (χ4n) is 2.60. The molecule has 0 saturated carbocycles. The van der Waals surface area contributed by atoms with Crippen molar-refractivity contribution >= 4 is 10.9 Å². The molecule has 3 rings (SSSR count). The van der Waals surface area contributed by atoms with Crippen LogP contribution in [-0.2, 0) is 13.0 Å². The third kappa shape index (κ3) is 1.36. The average Bonchev–Trinajstić information content (AvgIpc) is 2.73. The number of hydrogen-bond donors (Lipinski definition) is 2. The Kier molecular flexibility index (Phi) is 2.23. The summed E-state index contributed by atoms with van der Waals surface area (Å²) >= 11 is 0. The van der Waals surface area contributed by atoms with Crippen molar-refractivity contribution < 1.29 is 5.11 Å². The van der Waals surface area contributed by atoms with Gasteiger partial charge in [0.15, 0.2) is 0 Å². The number of benzene rings is 1. The molecular weight excluding hydrogens is 200 g/mol. The van der Waals surface area contributed by atoms with Gasteiger partial charge >= 0.3 is 0 Å². The van der Waals surface area contributed by atoms with Crippen LogP contribution in [0.15, 0.2) is 24.4 Å². The first-order valence-electron chi connectivity index (χ1n) is 5.77. The summed E-state index contributed by atoms with van der Waals surface area (Å²) in [5, 5.41) is 10.4. The summed E-state index contributed by atoms with van der Waals surface area (Å²) in [6.45, 7) is 1.12. The van der Waals surface area contributed by atoms with Crippen LogP contribution in [0.4, 0.5) is 0 Å². The number of aromatic nitrogens is 1. The third-order valence-electron chi connectivity index (χ3n) is 3.43. The predicted octanol–water partition coefficient (Wildman–Crippen LogP) is 1.58. The minimum atomic E-state index is -0.258. The van der Waals surface area contributed by atoms with Crippen molar-refractivity contribution in [3.8, 4) is 0 Å². The highest BCUT2D eigenvalue weighted by atomic mass is 16.3. The molecule has 0 radical (unpaired) electrons. The predicted molar refractivity (Wildman–Crippen MR) is 64.3 cm³/mol. The lowest BCUT2D eigenvalue weighted by Crippen LogP contribution is -2.15. The van der Waals surface area contributed by atoms with Crippen LogP contribution in [0.3, 0.4) is 0 Å². The van der Waals surface area contributed by atoms with E-state index in [1.807, 2.05) is 0 Å². The Balaban J connectivity index is 2.22. The highest BCUT2D eigenvalue weighted by Crippen LogP contribution is 2.29. The molecule has 1 aromatic heterocycles. The SMILES string of the molecule is NC(CO)c1cc2c3c(ccn3CCC2)c1. The summed E-state index contributed by atoms with van der Waals surface area (Å²) < 4.78 is 2.31. The van der Waals surface area contributed by atoms with E-state index in [9.17, 15) is 0 Å². The normalized spacial score (nSPS) is 16.6. The molecule has 0 fully saturated rings. The van der Waals surface area contributed by atoms with Crippen molar-refractivity contribution in [3.05, 3.63) is 35.5 Å². The largest absolute Gasteiger partial charge is 0.394 e. The lowest BCUT2D eigenvalue weighted by molar-refractivity contribution is 0.268. The van der Waals surface area contributed by atoms with Crippen molar-refractivity contribution in [1.82, 2.24) is 4.57 Å². The number of aryl methyl sites for hydroxylation is 2. The van der Waals surface area contributed by atoms with E-state index in [4.69, 9.17) is 10.8 Å². The van der Waals surface area contributed by atoms with Crippen molar-refractivity contribution in [3.63, 3.8) is 0 Å². The zero-order valence-electron chi connectivity index (χ0n) is 9.19. The summed E-state index contributed by atoms with van der Waals surface area (Å²) in [4.78, 5) is 0. The number of nitrogens with two attached hydrogens (primary N) is 1. The molecule has 0 saturated heterocycles. The van der Waals surface area contributed by atoms with Gasteiger partial charge in [-0.25, -0.2) is 0 Å². The molecule has 84 valence electrons. The van der Waals surface area contributed by atoms with Gasteiger partial charge in [-0.3, -0.25) is 0 Å². The maximum atomic E-state index is 9.11. The van der Waals surface area contributed by atoms with Crippen molar-refractivity contribution in [1.29, 1.82) is 0 Å². The van der Waals surface area contributed by atoms with E-state index in [1.54, 1.807) is 0 Å². The molecule has 3 N–H and O–H groups in total. The molecule has 1 aliphatic rings. The maximum Gasteiger partial charge on any atom is 0.0624 e. The Morgan fingerprint density at radius 2 is 2.31 bits per heavy atom. The van der Waals surface area contributed by atoms with Gasteiger partial charge in [0.25, 0.3) is 0 Å². The number of aliphatic hydroxyl groups is 1. The van der Waals surface area contributed by atoms with Crippen LogP contribution >= 0.6 is 0 Å². The Labute approximate surface area is 94.5 Å². The summed E-state index contributed by atoms with van der Waals surface area (Å²) in [5.41, 5.74) is 9.64. The second-order valence-electron chi connectivity index (χ2n) is 4.52. The van der Waals surface area contributed by atoms with Gasteiger partial charge in [0.05, 0.1) is 18.2 Å². The summed E-state index contributed by atoms with van der Waals surface area (Å²) in [5.74, 6) is 0. The average molecular weight is 216 g/mol. The molecule has 2 aromatic rings. The molecule has 3 heteroatoms. The van der Waals surface area contributed by atoms with Crippen LogP contribution in [0, 0.1) is 0 Å². The number of rotatable bonds is 2. The lowest BCUT2D eigenvalue weighted by Gasteiger charge is -2.18. The third-order valence-corrected chi connectivity index (χ3v) is 3.43. The molecule has 1 unspecified atom stereocenters. The molecular formula is C13H16N2O. The highest BCUT2D eigenvalue weighted by Gasteiger charge is 2.15. The maximum absolute atomic E-state index is 9.11. The Bertz CT molecular complexity index is 530. The summed E-state index contributed by atoms with van der Waals surface area (Å²) in [6.07, 6.45) is 4.45. The van der Waals surface area contributed by atoms with Gasteiger partial charge in [-0.2, -0.15) is 0 Å². The molecule has 16 heavy (non-hydrogen) atoms. The Hall–Kier alpha value is -1.32. The topological polar surface area (TPSA) is 51.2 Å². The van der Waals surface area contributed by atoms with E-state index in [0.29, 0.717) is 0 Å². The summed E-state index contributed by atoms with van der Waals surface area (Å²) in [7, 11) is 0. The molecule has 1 atom stereocenters. The zero-order chi connectivity index (χ0) is 11.1. The lowest BCUT2D eigenvalue weighted by atomic mass is 9.97. The van der Waals surface area contributed by atoms with Crippen LogP contribution < -0.4 is 5.73 Å². The van der Waals surface area contributed by atoms with Gasteiger partial charge in [-0.05, 0) is 36.1 Å². The first kappa shape index (κ1) is 9.87. The number of hydrogen-bond acceptors (Lipinski definition) is 2. The van der Waals surface area contributed by atoms with E-state index in [-0.39, 0.29) is 12.6 Å². The van der Waals surface area contributed by atoms with Gasteiger partial charge in [0.1, 0.15) is 0 Å². The minimum absolute atomic E-state index is 0.00561. The van der Waals surface area contributed by atoms with Crippen molar-refractivity contribution in [2.75, 3.05) is 6.61 Å². The van der Waals surface area contributed by atoms with Crippen LogP contribution in [0.5, 0.6) is 0 Å². The van der Waals surface area contributed by atoms with Crippen LogP contribution in [0.2, 0.25) is 0 Å². The molecule has 1 aliphatic heterocycles. The molecule has 3 nitrogen and oxygen atoms in total. The molecule has 1 aromatic carbocycles. The van der Waals surface area contributed by atoms with Gasteiger partial charge in [-0.1, -0.05) is 6.07 Å². The fraction of sp³-hybridized carbons (Fsp3) is 0.385. The number of nitrogens with zero attached hydrogens (tertiary/aromatic N) is 1. The molecule has 0 amide bonds. The zero-order valence-corrected chi connectivity index (χ0v) is 9.19. The van der Waals surface area contributed by atoms with Crippen LogP contribution in [0.25, 0.3) is 10.9 Å². The van der Waals surface area contributed by atoms with Gasteiger partial charge < -0.3 is 15.4 Å². The smallest absolute Gasteiger partial charge is 0.0624 e. The first-order chi connectivity index (χ1) is 7.79. The van der Waals surface area contributed by atoms with E-state index in [0.717, 1.165) is 18.5 Å². The van der Waals surface area contributed by atoms with Gasteiger partial charge in [-0.15, -0.1) is 0 Å².